The lowest BCUT2D eigenvalue weighted by molar-refractivity contribution is 0.0965. The van der Waals surface area contributed by atoms with Gasteiger partial charge in [0.05, 0.1) is 10.0 Å². The molecule has 0 heterocycles. The zero-order valence-corrected chi connectivity index (χ0v) is 16.2. The van der Waals surface area contributed by atoms with Crippen molar-refractivity contribution in [3.05, 3.63) is 86.9 Å². The minimum Gasteiger partial charge on any atom is -0.433 e. The Hall–Kier alpha value is -2.20. The van der Waals surface area contributed by atoms with Gasteiger partial charge in [0.15, 0.2) is 5.75 Å². The van der Waals surface area contributed by atoms with E-state index in [4.69, 9.17) is 44.3 Å². The largest absolute Gasteiger partial charge is 0.513 e. The summed E-state index contributed by atoms with van der Waals surface area (Å²) in [6, 6.07) is 19.1. The molecule has 27 heavy (non-hydrogen) atoms. The fourth-order valence-corrected chi connectivity index (χ4v) is 4.22. The second-order valence-corrected chi connectivity index (χ2v) is 7.34. The van der Waals surface area contributed by atoms with Gasteiger partial charge in [-0.25, -0.2) is 4.79 Å². The highest BCUT2D eigenvalue weighted by molar-refractivity contribution is 6.40. The quantitative estimate of drug-likeness (QED) is 0.339. The lowest BCUT2D eigenvalue weighted by Crippen LogP contribution is -2.16. The summed E-state index contributed by atoms with van der Waals surface area (Å²) in [4.78, 5) is 12.2. The zero-order valence-electron chi connectivity index (χ0n) is 13.9. The molecule has 0 N–H and O–H groups in total. The monoisotopic (exact) mass is 418 g/mol. The fourth-order valence-electron chi connectivity index (χ4n) is 3.33. The van der Waals surface area contributed by atoms with Crippen LogP contribution in [0.5, 0.6) is 5.75 Å². The van der Waals surface area contributed by atoms with Gasteiger partial charge < -0.3 is 9.47 Å². The second-order valence-electron chi connectivity index (χ2n) is 6.09. The van der Waals surface area contributed by atoms with Gasteiger partial charge >= 0.3 is 6.16 Å². The number of hydrogen-bond acceptors (Lipinski definition) is 3. The molecule has 0 atom stereocenters. The normalized spacial score (nSPS) is 12.4. The van der Waals surface area contributed by atoms with Crippen LogP contribution in [-0.2, 0) is 4.74 Å². The van der Waals surface area contributed by atoms with Crippen molar-refractivity contribution in [1.29, 1.82) is 0 Å². The fraction of sp³-hybridized carbons (Fsp3) is 0.0952. The molecule has 6 heteroatoms. The summed E-state index contributed by atoms with van der Waals surface area (Å²) in [5.41, 5.74) is 4.54. The lowest BCUT2D eigenvalue weighted by atomic mass is 9.98. The van der Waals surface area contributed by atoms with E-state index in [1.807, 2.05) is 36.4 Å². The van der Waals surface area contributed by atoms with E-state index in [0.717, 1.165) is 22.3 Å². The molecule has 0 radical (unpaired) electrons. The molecule has 136 valence electrons. The standard InChI is InChI=1S/C21H13Cl3O3/c22-12-9-18(23)20(19(24)10-12)27-21(25)26-11-17-15-7-3-1-5-13(15)14-6-2-4-8-16(14)17/h1-10,17H,11H2. The van der Waals surface area contributed by atoms with Crippen LogP contribution in [0.3, 0.4) is 0 Å². The van der Waals surface area contributed by atoms with Crippen LogP contribution in [0.25, 0.3) is 11.1 Å². The van der Waals surface area contributed by atoms with E-state index in [0.29, 0.717) is 5.02 Å². The molecule has 3 aromatic carbocycles. The zero-order chi connectivity index (χ0) is 19.0. The first kappa shape index (κ1) is 18.2. The highest BCUT2D eigenvalue weighted by Crippen LogP contribution is 2.44. The summed E-state index contributed by atoms with van der Waals surface area (Å²) in [5, 5.41) is 0.631. The molecule has 0 spiro atoms. The van der Waals surface area contributed by atoms with Crippen molar-refractivity contribution in [3.63, 3.8) is 0 Å². The maximum absolute atomic E-state index is 12.2. The molecule has 0 saturated heterocycles. The van der Waals surface area contributed by atoms with Crippen molar-refractivity contribution in [2.24, 2.45) is 0 Å². The molecular formula is C21H13Cl3O3. The van der Waals surface area contributed by atoms with E-state index >= 15 is 0 Å². The summed E-state index contributed by atoms with van der Waals surface area (Å²) in [7, 11) is 0. The molecule has 0 saturated carbocycles. The molecule has 0 aliphatic heterocycles. The third-order valence-electron chi connectivity index (χ3n) is 4.48. The van der Waals surface area contributed by atoms with Gasteiger partial charge in [0.2, 0.25) is 0 Å². The minimum absolute atomic E-state index is 0.0277. The topological polar surface area (TPSA) is 35.5 Å². The molecule has 1 aliphatic rings. The molecule has 0 fully saturated rings. The molecule has 0 unspecified atom stereocenters. The summed E-state index contributed by atoms with van der Waals surface area (Å²) in [6.07, 6.45) is -0.872. The highest BCUT2D eigenvalue weighted by atomic mass is 35.5. The molecule has 1 aliphatic carbocycles. The average molecular weight is 420 g/mol. The smallest absolute Gasteiger partial charge is 0.433 e. The summed E-state index contributed by atoms with van der Waals surface area (Å²) >= 11 is 17.9. The van der Waals surface area contributed by atoms with Crippen molar-refractivity contribution < 1.29 is 14.3 Å². The first-order valence-corrected chi connectivity index (χ1v) is 9.35. The van der Waals surface area contributed by atoms with Gasteiger partial charge in [-0.2, -0.15) is 0 Å². The molecular weight excluding hydrogens is 407 g/mol. The first-order chi connectivity index (χ1) is 13.0. The van der Waals surface area contributed by atoms with Crippen molar-refractivity contribution in [1.82, 2.24) is 0 Å². The van der Waals surface area contributed by atoms with Crippen LogP contribution in [0.15, 0.2) is 60.7 Å². The second kappa shape index (κ2) is 7.43. The minimum atomic E-state index is -0.872. The maximum atomic E-state index is 12.2. The van der Waals surface area contributed by atoms with Crippen LogP contribution in [0.2, 0.25) is 15.1 Å². The number of ether oxygens (including phenoxy) is 2. The van der Waals surface area contributed by atoms with Crippen LogP contribution in [0, 0.1) is 0 Å². The first-order valence-electron chi connectivity index (χ1n) is 8.22. The maximum Gasteiger partial charge on any atom is 0.513 e. The van der Waals surface area contributed by atoms with E-state index in [1.54, 1.807) is 0 Å². The number of hydrogen-bond donors (Lipinski definition) is 0. The number of carbonyl (C=O) groups is 1. The van der Waals surface area contributed by atoms with Crippen molar-refractivity contribution in [2.75, 3.05) is 6.61 Å². The third-order valence-corrected chi connectivity index (χ3v) is 5.26. The van der Waals surface area contributed by atoms with Crippen molar-refractivity contribution >= 4 is 41.0 Å². The number of fused-ring (bicyclic) bond motifs is 3. The Kier molecular flexibility index (Phi) is 5.00. The summed E-state index contributed by atoms with van der Waals surface area (Å²) in [5.74, 6) is -0.0268. The van der Waals surface area contributed by atoms with Crippen LogP contribution < -0.4 is 4.74 Å². The van der Waals surface area contributed by atoms with Gasteiger partial charge in [-0.15, -0.1) is 0 Å². The van der Waals surface area contributed by atoms with Crippen LogP contribution in [-0.4, -0.2) is 12.8 Å². The number of halogens is 3. The molecule has 3 nitrogen and oxygen atoms in total. The Balaban J connectivity index is 1.52. The molecule has 0 bridgehead atoms. The predicted molar refractivity (Wildman–Crippen MR) is 107 cm³/mol. The molecule has 4 rings (SSSR count). The SMILES string of the molecule is O=C(OCC1c2ccccc2-c2ccccc21)Oc1c(Cl)cc(Cl)cc1Cl. The number of benzene rings is 3. The lowest BCUT2D eigenvalue weighted by Gasteiger charge is -2.14. The van der Waals surface area contributed by atoms with Gasteiger partial charge in [-0.1, -0.05) is 83.3 Å². The van der Waals surface area contributed by atoms with Crippen LogP contribution in [0.1, 0.15) is 17.0 Å². The molecule has 0 amide bonds. The molecule has 0 aromatic heterocycles. The van der Waals surface area contributed by atoms with Gasteiger partial charge in [0, 0.05) is 10.9 Å². The highest BCUT2D eigenvalue weighted by Gasteiger charge is 2.29. The Morgan fingerprint density at radius 3 is 1.93 bits per heavy atom. The van der Waals surface area contributed by atoms with Crippen LogP contribution >= 0.6 is 34.8 Å². The van der Waals surface area contributed by atoms with Crippen molar-refractivity contribution in [3.8, 4) is 16.9 Å². The van der Waals surface area contributed by atoms with Gasteiger partial charge in [0.25, 0.3) is 0 Å². The predicted octanol–water partition coefficient (Wildman–Crippen LogP) is 6.97. The van der Waals surface area contributed by atoms with E-state index in [9.17, 15) is 4.79 Å². The van der Waals surface area contributed by atoms with E-state index in [-0.39, 0.29) is 28.3 Å². The number of rotatable bonds is 3. The van der Waals surface area contributed by atoms with Gasteiger partial charge in [-0.3, -0.25) is 0 Å². The Morgan fingerprint density at radius 1 is 0.852 bits per heavy atom. The Bertz CT molecular complexity index is 964. The van der Waals surface area contributed by atoms with E-state index < -0.39 is 6.16 Å². The van der Waals surface area contributed by atoms with Gasteiger partial charge in [0.1, 0.15) is 6.61 Å². The number of carbonyl (C=O) groups excluding carboxylic acids is 1. The Labute approximate surface area is 171 Å². The summed E-state index contributed by atoms with van der Waals surface area (Å²) < 4.78 is 10.6. The summed E-state index contributed by atoms with van der Waals surface area (Å²) in [6.45, 7) is 0.148. The van der Waals surface area contributed by atoms with Crippen LogP contribution in [0.4, 0.5) is 4.79 Å². The van der Waals surface area contributed by atoms with E-state index in [1.165, 1.54) is 12.1 Å². The third kappa shape index (κ3) is 3.51. The van der Waals surface area contributed by atoms with Gasteiger partial charge in [-0.05, 0) is 34.4 Å². The van der Waals surface area contributed by atoms with Crippen molar-refractivity contribution in [2.45, 2.75) is 5.92 Å². The Morgan fingerprint density at radius 2 is 1.37 bits per heavy atom. The molecule has 3 aromatic rings. The average Bonchev–Trinajstić information content (AvgIpc) is 2.97. The van der Waals surface area contributed by atoms with E-state index in [2.05, 4.69) is 12.1 Å².